The fourth-order valence-electron chi connectivity index (χ4n) is 1.96. The van der Waals surface area contributed by atoms with Gasteiger partial charge in [0.25, 0.3) is 0 Å². The van der Waals surface area contributed by atoms with Crippen molar-refractivity contribution in [2.24, 2.45) is 5.73 Å². The molecule has 0 unspecified atom stereocenters. The van der Waals surface area contributed by atoms with E-state index in [2.05, 4.69) is 22.9 Å². The van der Waals surface area contributed by atoms with Crippen molar-refractivity contribution in [2.75, 3.05) is 5.75 Å². The van der Waals surface area contributed by atoms with Gasteiger partial charge < -0.3 is 10.5 Å². The molecule has 3 N–H and O–H groups in total. The maximum Gasteiger partial charge on any atom is 0.131 e. The van der Waals surface area contributed by atoms with Crippen LogP contribution in [0.5, 0.6) is 5.75 Å². The van der Waals surface area contributed by atoms with Crippen LogP contribution in [-0.4, -0.2) is 11.6 Å². The van der Waals surface area contributed by atoms with Crippen LogP contribution < -0.4 is 10.5 Å². The summed E-state index contributed by atoms with van der Waals surface area (Å²) >= 11 is 5.11. The molecule has 0 atom stereocenters. The highest BCUT2D eigenvalue weighted by Crippen LogP contribution is 2.30. The van der Waals surface area contributed by atoms with Gasteiger partial charge in [0, 0.05) is 9.37 Å². The molecule has 2 rings (SSSR count). The Morgan fingerprint density at radius 3 is 2.71 bits per heavy atom. The Balaban J connectivity index is 2.23. The van der Waals surface area contributed by atoms with E-state index >= 15 is 0 Å². The molecule has 110 valence electrons. The van der Waals surface area contributed by atoms with Crippen LogP contribution in [0.3, 0.4) is 0 Å². The Labute approximate surface area is 137 Å². The highest BCUT2D eigenvalue weighted by atomic mass is 79.9. The zero-order chi connectivity index (χ0) is 15.2. The Morgan fingerprint density at radius 1 is 1.29 bits per heavy atom. The number of hydrogen-bond acceptors (Lipinski definition) is 3. The summed E-state index contributed by atoms with van der Waals surface area (Å²) in [6.07, 6.45) is 0. The van der Waals surface area contributed by atoms with Gasteiger partial charge in [0.1, 0.15) is 18.2 Å². The van der Waals surface area contributed by atoms with E-state index in [1.807, 2.05) is 42.5 Å². The minimum absolute atomic E-state index is 0.0378. The first kappa shape index (κ1) is 15.9. The van der Waals surface area contributed by atoms with Gasteiger partial charge in [-0.05, 0) is 35.6 Å². The number of hydrogen-bond donors (Lipinski definition) is 2. The van der Waals surface area contributed by atoms with Crippen molar-refractivity contribution in [1.82, 2.24) is 0 Å². The van der Waals surface area contributed by atoms with E-state index in [4.69, 9.17) is 15.9 Å². The summed E-state index contributed by atoms with van der Waals surface area (Å²) in [7, 11) is 0. The highest BCUT2D eigenvalue weighted by molar-refractivity contribution is 9.10. The molecule has 0 aromatic heterocycles. The molecule has 3 nitrogen and oxygen atoms in total. The molecule has 0 saturated carbocycles. The van der Waals surface area contributed by atoms with Crippen molar-refractivity contribution in [3.05, 3.63) is 58.1 Å². The molecule has 21 heavy (non-hydrogen) atoms. The minimum Gasteiger partial charge on any atom is -0.488 e. The van der Waals surface area contributed by atoms with Crippen LogP contribution >= 0.6 is 27.7 Å². The van der Waals surface area contributed by atoms with E-state index in [0.717, 1.165) is 20.7 Å². The zero-order valence-electron chi connectivity index (χ0n) is 11.7. The smallest absolute Gasteiger partial charge is 0.131 e. The van der Waals surface area contributed by atoms with Crippen LogP contribution in [-0.2, 0) is 6.61 Å². The maximum absolute atomic E-state index is 7.79. The first-order valence-electron chi connectivity index (χ1n) is 6.59. The van der Waals surface area contributed by atoms with Crippen molar-refractivity contribution in [3.8, 4) is 5.75 Å². The SMILES string of the molecule is CCSc1cccc(OCc2cccc(Br)c2)c1C(=N)N. The standard InChI is InChI=1S/C16H17BrN2OS/c1-2-21-14-8-4-7-13(15(14)16(18)19)20-10-11-5-3-6-12(17)9-11/h3-9H,2,10H2,1H3,(H3,18,19). The number of nitrogens with one attached hydrogen (secondary N) is 1. The van der Waals surface area contributed by atoms with Crippen LogP contribution in [0.4, 0.5) is 0 Å². The van der Waals surface area contributed by atoms with Crippen LogP contribution in [0.25, 0.3) is 0 Å². The van der Waals surface area contributed by atoms with Crippen LogP contribution in [0.1, 0.15) is 18.1 Å². The summed E-state index contributed by atoms with van der Waals surface area (Å²) in [6.45, 7) is 2.52. The topological polar surface area (TPSA) is 59.1 Å². The molecule has 2 aromatic rings. The summed E-state index contributed by atoms with van der Waals surface area (Å²) in [6, 6.07) is 13.7. The van der Waals surface area contributed by atoms with Gasteiger partial charge in [-0.1, -0.05) is 41.1 Å². The molecule has 0 amide bonds. The van der Waals surface area contributed by atoms with Gasteiger partial charge in [0.05, 0.1) is 5.56 Å². The molecule has 0 aliphatic rings. The van der Waals surface area contributed by atoms with Crippen molar-refractivity contribution in [3.63, 3.8) is 0 Å². The molecule has 0 heterocycles. The lowest BCUT2D eigenvalue weighted by Gasteiger charge is -2.14. The normalized spacial score (nSPS) is 10.4. The Hall–Kier alpha value is -1.46. The minimum atomic E-state index is 0.0378. The number of nitrogens with two attached hydrogens (primary N) is 1. The molecule has 0 saturated heterocycles. The lowest BCUT2D eigenvalue weighted by molar-refractivity contribution is 0.305. The van der Waals surface area contributed by atoms with E-state index < -0.39 is 0 Å². The first-order chi connectivity index (χ1) is 10.1. The van der Waals surface area contributed by atoms with E-state index in [1.54, 1.807) is 11.8 Å². The van der Waals surface area contributed by atoms with Gasteiger partial charge >= 0.3 is 0 Å². The Kier molecular flexibility index (Phi) is 5.70. The van der Waals surface area contributed by atoms with Crippen molar-refractivity contribution < 1.29 is 4.74 Å². The Morgan fingerprint density at radius 2 is 2.05 bits per heavy atom. The number of benzene rings is 2. The fraction of sp³-hybridized carbons (Fsp3) is 0.188. The van der Waals surface area contributed by atoms with Gasteiger partial charge in [-0.25, -0.2) is 0 Å². The average Bonchev–Trinajstić information content (AvgIpc) is 2.45. The first-order valence-corrected chi connectivity index (χ1v) is 8.37. The number of halogens is 1. The predicted molar refractivity (Wildman–Crippen MR) is 92.3 cm³/mol. The van der Waals surface area contributed by atoms with E-state index in [0.29, 0.717) is 17.9 Å². The highest BCUT2D eigenvalue weighted by Gasteiger charge is 2.12. The molecular formula is C16H17BrN2OS. The molecular weight excluding hydrogens is 348 g/mol. The van der Waals surface area contributed by atoms with Gasteiger partial charge in [-0.15, -0.1) is 11.8 Å². The van der Waals surface area contributed by atoms with Gasteiger partial charge in [-0.3, -0.25) is 5.41 Å². The second-order valence-corrected chi connectivity index (χ2v) is 6.62. The van der Waals surface area contributed by atoms with Crippen LogP contribution in [0.15, 0.2) is 51.8 Å². The average molecular weight is 365 g/mol. The second kappa shape index (κ2) is 7.52. The van der Waals surface area contributed by atoms with Crippen molar-refractivity contribution >= 4 is 33.5 Å². The summed E-state index contributed by atoms with van der Waals surface area (Å²) in [5, 5.41) is 7.79. The van der Waals surface area contributed by atoms with Crippen molar-refractivity contribution in [2.45, 2.75) is 18.4 Å². The maximum atomic E-state index is 7.79. The Bertz CT molecular complexity index is 646. The monoisotopic (exact) mass is 364 g/mol. The third-order valence-electron chi connectivity index (χ3n) is 2.84. The van der Waals surface area contributed by atoms with Crippen LogP contribution in [0.2, 0.25) is 0 Å². The zero-order valence-corrected chi connectivity index (χ0v) is 14.1. The van der Waals surface area contributed by atoms with Crippen LogP contribution in [0, 0.1) is 5.41 Å². The molecule has 5 heteroatoms. The summed E-state index contributed by atoms with van der Waals surface area (Å²) in [5.41, 5.74) is 7.46. The summed E-state index contributed by atoms with van der Waals surface area (Å²) in [5.74, 6) is 1.62. The molecule has 0 aliphatic carbocycles. The second-order valence-electron chi connectivity index (χ2n) is 4.39. The fourth-order valence-corrected chi connectivity index (χ4v) is 3.25. The molecule has 0 fully saturated rings. The molecule has 0 spiro atoms. The number of amidine groups is 1. The third-order valence-corrected chi connectivity index (χ3v) is 4.27. The van der Waals surface area contributed by atoms with E-state index in [1.165, 1.54) is 0 Å². The van der Waals surface area contributed by atoms with Gasteiger partial charge in [0.2, 0.25) is 0 Å². The number of thioether (sulfide) groups is 1. The summed E-state index contributed by atoms with van der Waals surface area (Å²) < 4.78 is 6.89. The third kappa shape index (κ3) is 4.25. The lowest BCUT2D eigenvalue weighted by atomic mass is 10.2. The van der Waals surface area contributed by atoms with E-state index in [-0.39, 0.29) is 5.84 Å². The predicted octanol–water partition coefficient (Wildman–Crippen LogP) is 4.42. The molecule has 2 aromatic carbocycles. The quantitative estimate of drug-likeness (QED) is 0.453. The van der Waals surface area contributed by atoms with E-state index in [9.17, 15) is 0 Å². The van der Waals surface area contributed by atoms with Crippen molar-refractivity contribution in [1.29, 1.82) is 5.41 Å². The number of nitrogen functional groups attached to an aromatic ring is 1. The van der Waals surface area contributed by atoms with Gasteiger partial charge in [-0.2, -0.15) is 0 Å². The summed E-state index contributed by atoms with van der Waals surface area (Å²) in [4.78, 5) is 0.983. The molecule has 0 radical (unpaired) electrons. The largest absolute Gasteiger partial charge is 0.488 e. The van der Waals surface area contributed by atoms with Gasteiger partial charge in [0.15, 0.2) is 0 Å². The molecule has 0 aliphatic heterocycles. The lowest BCUT2D eigenvalue weighted by Crippen LogP contribution is -2.14. The number of ether oxygens (including phenoxy) is 1. The number of rotatable bonds is 6. The molecule has 0 bridgehead atoms.